The van der Waals surface area contributed by atoms with E-state index >= 15 is 0 Å². The summed E-state index contributed by atoms with van der Waals surface area (Å²) in [7, 11) is 0. The molecule has 1 atom stereocenters. The molecule has 0 amide bonds. The van der Waals surface area contributed by atoms with Crippen LogP contribution in [0.25, 0.3) is 0 Å². The molecule has 0 fully saturated rings. The van der Waals surface area contributed by atoms with Gasteiger partial charge in [0, 0.05) is 0 Å². The van der Waals surface area contributed by atoms with Crippen molar-refractivity contribution in [1.82, 2.24) is 0 Å². The highest BCUT2D eigenvalue weighted by Crippen LogP contribution is 2.25. The molecule has 0 saturated carbocycles. The molecule has 0 aliphatic heterocycles. The molecule has 1 aromatic rings. The van der Waals surface area contributed by atoms with Gasteiger partial charge in [0.2, 0.25) is 0 Å². The summed E-state index contributed by atoms with van der Waals surface area (Å²) in [5.74, 6) is 0.842. The maximum absolute atomic E-state index is 10.1. The number of benzene rings is 1. The van der Waals surface area contributed by atoms with E-state index in [0.29, 0.717) is 13.0 Å². The van der Waals surface area contributed by atoms with Crippen molar-refractivity contribution < 1.29 is 9.84 Å². The Labute approximate surface area is 97.2 Å². The first-order chi connectivity index (χ1) is 7.60. The first-order valence-electron chi connectivity index (χ1n) is 5.76. The number of hydrogen-bond donors (Lipinski definition) is 2. The van der Waals surface area contributed by atoms with Gasteiger partial charge in [0.05, 0.1) is 12.2 Å². The summed E-state index contributed by atoms with van der Waals surface area (Å²) in [6.07, 6.45) is 1.55. The average molecular weight is 223 g/mol. The monoisotopic (exact) mass is 223 g/mol. The van der Waals surface area contributed by atoms with Gasteiger partial charge in [0.1, 0.15) is 5.75 Å². The predicted molar refractivity (Wildman–Crippen MR) is 65.5 cm³/mol. The summed E-state index contributed by atoms with van der Waals surface area (Å²) < 4.78 is 5.48. The van der Waals surface area contributed by atoms with Gasteiger partial charge >= 0.3 is 0 Å². The van der Waals surface area contributed by atoms with Crippen LogP contribution in [0.3, 0.4) is 0 Å². The minimum atomic E-state index is -0.849. The highest BCUT2D eigenvalue weighted by molar-refractivity contribution is 5.30. The summed E-state index contributed by atoms with van der Waals surface area (Å²) in [6.45, 7) is 5.04. The van der Waals surface area contributed by atoms with Crippen LogP contribution in [-0.4, -0.2) is 18.3 Å². The minimum Gasteiger partial charge on any atom is -0.494 e. The van der Waals surface area contributed by atoms with Gasteiger partial charge in [0.15, 0.2) is 0 Å². The molecular formula is C13H21NO2. The molecule has 0 heterocycles. The molecule has 0 aromatic heterocycles. The fraction of sp³-hybridized carbons (Fsp3) is 0.538. The van der Waals surface area contributed by atoms with Crippen molar-refractivity contribution in [2.45, 2.75) is 32.3 Å². The highest BCUT2D eigenvalue weighted by Gasteiger charge is 2.21. The van der Waals surface area contributed by atoms with Crippen LogP contribution in [-0.2, 0) is 5.60 Å². The van der Waals surface area contributed by atoms with Crippen LogP contribution >= 0.6 is 0 Å². The van der Waals surface area contributed by atoms with Crippen molar-refractivity contribution in [2.75, 3.05) is 13.2 Å². The standard InChI is InChI=1S/C13H21NO2/c1-3-10-16-12-6-4-11(5-7-12)13(2,15)8-9-14/h4-7,15H,3,8-10,14H2,1-2H3. The van der Waals surface area contributed by atoms with Crippen molar-refractivity contribution in [3.8, 4) is 5.75 Å². The zero-order chi connectivity index (χ0) is 12.0. The minimum absolute atomic E-state index is 0.473. The molecule has 0 bridgehead atoms. The number of nitrogens with two attached hydrogens (primary N) is 1. The zero-order valence-corrected chi connectivity index (χ0v) is 10.1. The Kier molecular flexibility index (Phi) is 4.77. The molecule has 1 unspecified atom stereocenters. The van der Waals surface area contributed by atoms with Crippen LogP contribution in [0.2, 0.25) is 0 Å². The van der Waals surface area contributed by atoms with E-state index in [-0.39, 0.29) is 0 Å². The molecule has 0 aliphatic rings. The second-order valence-electron chi connectivity index (χ2n) is 4.19. The van der Waals surface area contributed by atoms with Crippen LogP contribution in [0.5, 0.6) is 5.75 Å². The van der Waals surface area contributed by atoms with Gasteiger partial charge in [-0.05, 0) is 44.0 Å². The van der Waals surface area contributed by atoms with Crippen molar-refractivity contribution in [1.29, 1.82) is 0 Å². The Balaban J connectivity index is 2.70. The number of aliphatic hydroxyl groups is 1. The smallest absolute Gasteiger partial charge is 0.119 e. The van der Waals surface area contributed by atoms with Gasteiger partial charge in [-0.15, -0.1) is 0 Å². The largest absolute Gasteiger partial charge is 0.494 e. The third-order valence-corrected chi connectivity index (χ3v) is 2.58. The molecule has 16 heavy (non-hydrogen) atoms. The molecule has 3 nitrogen and oxygen atoms in total. The van der Waals surface area contributed by atoms with E-state index in [1.807, 2.05) is 24.3 Å². The Morgan fingerprint density at radius 2 is 1.94 bits per heavy atom. The summed E-state index contributed by atoms with van der Waals surface area (Å²) in [6, 6.07) is 7.55. The first kappa shape index (κ1) is 13.0. The molecular weight excluding hydrogens is 202 g/mol. The molecule has 3 heteroatoms. The van der Waals surface area contributed by atoms with Gasteiger partial charge in [-0.1, -0.05) is 19.1 Å². The lowest BCUT2D eigenvalue weighted by molar-refractivity contribution is 0.0504. The third-order valence-electron chi connectivity index (χ3n) is 2.58. The highest BCUT2D eigenvalue weighted by atomic mass is 16.5. The van der Waals surface area contributed by atoms with E-state index in [4.69, 9.17) is 10.5 Å². The molecule has 0 radical (unpaired) electrons. The fourth-order valence-electron chi connectivity index (χ4n) is 1.56. The van der Waals surface area contributed by atoms with E-state index in [1.54, 1.807) is 6.92 Å². The number of ether oxygens (including phenoxy) is 1. The first-order valence-corrected chi connectivity index (χ1v) is 5.76. The van der Waals surface area contributed by atoms with Crippen molar-refractivity contribution in [2.24, 2.45) is 5.73 Å². The Hall–Kier alpha value is -1.06. The normalized spacial score (nSPS) is 14.5. The molecule has 1 rings (SSSR count). The fourth-order valence-corrected chi connectivity index (χ4v) is 1.56. The van der Waals surface area contributed by atoms with Gasteiger partial charge in [-0.2, -0.15) is 0 Å². The Morgan fingerprint density at radius 1 is 1.31 bits per heavy atom. The average Bonchev–Trinajstić information content (AvgIpc) is 2.27. The summed E-state index contributed by atoms with van der Waals surface area (Å²) in [5.41, 5.74) is 5.49. The molecule has 1 aromatic carbocycles. The van der Waals surface area contributed by atoms with Crippen LogP contribution in [0, 0.1) is 0 Å². The lowest BCUT2D eigenvalue weighted by Crippen LogP contribution is -2.24. The number of rotatable bonds is 6. The van der Waals surface area contributed by atoms with Gasteiger partial charge in [-0.3, -0.25) is 0 Å². The van der Waals surface area contributed by atoms with E-state index in [1.165, 1.54) is 0 Å². The lowest BCUT2D eigenvalue weighted by atomic mass is 9.93. The maximum Gasteiger partial charge on any atom is 0.119 e. The Bertz CT molecular complexity index is 306. The molecule has 0 aliphatic carbocycles. The van der Waals surface area contributed by atoms with Crippen LogP contribution < -0.4 is 10.5 Å². The second-order valence-corrected chi connectivity index (χ2v) is 4.19. The van der Waals surface area contributed by atoms with E-state index in [9.17, 15) is 5.11 Å². The SMILES string of the molecule is CCCOc1ccc(C(C)(O)CCN)cc1. The van der Waals surface area contributed by atoms with E-state index in [0.717, 1.165) is 24.3 Å². The third kappa shape index (κ3) is 3.51. The second kappa shape index (κ2) is 5.87. The molecule has 0 saturated heterocycles. The van der Waals surface area contributed by atoms with Crippen molar-refractivity contribution in [3.63, 3.8) is 0 Å². The molecule has 0 spiro atoms. The van der Waals surface area contributed by atoms with Crippen LogP contribution in [0.1, 0.15) is 32.3 Å². The summed E-state index contributed by atoms with van der Waals surface area (Å²) in [5, 5.41) is 10.1. The molecule has 3 N–H and O–H groups in total. The van der Waals surface area contributed by atoms with Gasteiger partial charge in [0.25, 0.3) is 0 Å². The topological polar surface area (TPSA) is 55.5 Å². The molecule has 90 valence electrons. The van der Waals surface area contributed by atoms with Crippen molar-refractivity contribution in [3.05, 3.63) is 29.8 Å². The maximum atomic E-state index is 10.1. The quantitative estimate of drug-likeness (QED) is 0.776. The predicted octanol–water partition coefficient (Wildman–Crippen LogP) is 2.03. The lowest BCUT2D eigenvalue weighted by Gasteiger charge is -2.23. The van der Waals surface area contributed by atoms with Gasteiger partial charge in [-0.25, -0.2) is 0 Å². The zero-order valence-electron chi connectivity index (χ0n) is 10.1. The van der Waals surface area contributed by atoms with Crippen LogP contribution in [0.15, 0.2) is 24.3 Å². The van der Waals surface area contributed by atoms with Gasteiger partial charge < -0.3 is 15.6 Å². The van der Waals surface area contributed by atoms with Crippen LogP contribution in [0.4, 0.5) is 0 Å². The number of hydrogen-bond acceptors (Lipinski definition) is 3. The van der Waals surface area contributed by atoms with E-state index in [2.05, 4.69) is 6.92 Å². The summed E-state index contributed by atoms with van der Waals surface area (Å²) >= 11 is 0. The van der Waals surface area contributed by atoms with E-state index < -0.39 is 5.60 Å². The Morgan fingerprint density at radius 3 is 2.44 bits per heavy atom. The summed E-state index contributed by atoms with van der Waals surface area (Å²) in [4.78, 5) is 0. The van der Waals surface area contributed by atoms with Crippen molar-refractivity contribution >= 4 is 0 Å².